The number of anilines is 6. The van der Waals surface area contributed by atoms with Crippen molar-refractivity contribution < 1.29 is 19.0 Å². The number of ether oxygens (including phenoxy) is 3. The predicted molar refractivity (Wildman–Crippen MR) is 184 cm³/mol. The molecule has 3 aliphatic heterocycles. The third kappa shape index (κ3) is 6.62. The van der Waals surface area contributed by atoms with Gasteiger partial charge in [0.2, 0.25) is 5.95 Å². The van der Waals surface area contributed by atoms with E-state index >= 15 is 0 Å². The molecule has 2 N–H and O–H groups in total. The van der Waals surface area contributed by atoms with E-state index in [0.29, 0.717) is 42.8 Å². The van der Waals surface area contributed by atoms with Crippen molar-refractivity contribution >= 4 is 40.6 Å². The SMILES string of the molecule is COc1ccc(CN2CCc3c(Nc4ccccc4C(=O)N4CCCC4)nc(Nc4ccc(N5CCOCC5)cc4OC)nc32)cc1. The third-order valence-corrected chi connectivity index (χ3v) is 9.06. The summed E-state index contributed by atoms with van der Waals surface area (Å²) in [6.45, 7) is 6.15. The molecule has 3 aliphatic rings. The summed E-state index contributed by atoms with van der Waals surface area (Å²) in [7, 11) is 3.35. The van der Waals surface area contributed by atoms with Gasteiger partial charge in [-0.1, -0.05) is 24.3 Å². The zero-order valence-electron chi connectivity index (χ0n) is 27.0. The number of hydrogen-bond donors (Lipinski definition) is 2. The second-order valence-electron chi connectivity index (χ2n) is 12.0. The molecule has 11 heteroatoms. The van der Waals surface area contributed by atoms with E-state index in [1.165, 1.54) is 0 Å². The van der Waals surface area contributed by atoms with E-state index in [9.17, 15) is 4.79 Å². The van der Waals surface area contributed by atoms with E-state index in [2.05, 4.69) is 38.6 Å². The molecule has 1 amide bonds. The Morgan fingerprint density at radius 2 is 1.64 bits per heavy atom. The molecule has 11 nitrogen and oxygen atoms in total. The van der Waals surface area contributed by atoms with Crippen LogP contribution in [0.2, 0.25) is 0 Å². The first-order valence-corrected chi connectivity index (χ1v) is 16.3. The Kier molecular flexibility index (Phi) is 8.96. The van der Waals surface area contributed by atoms with Crippen LogP contribution >= 0.6 is 0 Å². The average Bonchev–Trinajstić information content (AvgIpc) is 3.80. The summed E-state index contributed by atoms with van der Waals surface area (Å²) in [5.74, 6) is 3.54. The van der Waals surface area contributed by atoms with Crippen LogP contribution in [0.4, 0.5) is 34.6 Å². The molecule has 2 fully saturated rings. The number of likely N-dealkylation sites (tertiary alicyclic amines) is 1. The van der Waals surface area contributed by atoms with Gasteiger partial charge in [0.25, 0.3) is 5.91 Å². The van der Waals surface area contributed by atoms with Crippen LogP contribution in [0, 0.1) is 0 Å². The van der Waals surface area contributed by atoms with Gasteiger partial charge in [-0.15, -0.1) is 0 Å². The van der Waals surface area contributed by atoms with Crippen LogP contribution in [-0.2, 0) is 17.7 Å². The van der Waals surface area contributed by atoms with Crippen LogP contribution in [0.1, 0.15) is 34.3 Å². The van der Waals surface area contributed by atoms with E-state index in [1.807, 2.05) is 53.4 Å². The number of methoxy groups -OCH3 is 2. The van der Waals surface area contributed by atoms with Crippen molar-refractivity contribution in [2.75, 3.05) is 80.6 Å². The highest BCUT2D eigenvalue weighted by Gasteiger charge is 2.28. The van der Waals surface area contributed by atoms with E-state index < -0.39 is 0 Å². The van der Waals surface area contributed by atoms with Crippen LogP contribution in [0.3, 0.4) is 0 Å². The van der Waals surface area contributed by atoms with Gasteiger partial charge >= 0.3 is 0 Å². The van der Waals surface area contributed by atoms with Crippen LogP contribution in [0.5, 0.6) is 11.5 Å². The number of nitrogens with one attached hydrogen (secondary N) is 2. The zero-order valence-corrected chi connectivity index (χ0v) is 27.0. The van der Waals surface area contributed by atoms with Crippen molar-refractivity contribution in [2.24, 2.45) is 0 Å². The van der Waals surface area contributed by atoms with Crippen molar-refractivity contribution in [2.45, 2.75) is 25.8 Å². The van der Waals surface area contributed by atoms with Crippen LogP contribution < -0.4 is 29.9 Å². The van der Waals surface area contributed by atoms with Gasteiger partial charge in [0.1, 0.15) is 23.1 Å². The Morgan fingerprint density at radius 1 is 0.851 bits per heavy atom. The lowest BCUT2D eigenvalue weighted by molar-refractivity contribution is 0.0794. The smallest absolute Gasteiger partial charge is 0.255 e. The molecule has 4 heterocycles. The average molecular weight is 636 g/mol. The molecule has 3 aromatic carbocycles. The summed E-state index contributed by atoms with van der Waals surface area (Å²) in [4.78, 5) is 30.1. The maximum atomic E-state index is 13.5. The molecule has 0 bridgehead atoms. The summed E-state index contributed by atoms with van der Waals surface area (Å²) < 4.78 is 16.7. The molecule has 0 aliphatic carbocycles. The maximum Gasteiger partial charge on any atom is 0.255 e. The highest BCUT2D eigenvalue weighted by molar-refractivity contribution is 6.00. The van der Waals surface area contributed by atoms with E-state index in [4.69, 9.17) is 24.2 Å². The van der Waals surface area contributed by atoms with Crippen LogP contribution in [0.25, 0.3) is 0 Å². The molecule has 0 spiro atoms. The Hall–Kier alpha value is -5.03. The molecular weight excluding hydrogens is 594 g/mol. The molecule has 0 atom stereocenters. The number of fused-ring (bicyclic) bond motifs is 1. The van der Waals surface area contributed by atoms with Crippen molar-refractivity contribution in [1.29, 1.82) is 0 Å². The van der Waals surface area contributed by atoms with Gasteiger partial charge in [0.15, 0.2) is 0 Å². The van der Waals surface area contributed by atoms with E-state index in [0.717, 1.165) is 91.7 Å². The first-order chi connectivity index (χ1) is 23.1. The summed E-state index contributed by atoms with van der Waals surface area (Å²) in [5.41, 5.74) is 5.39. The fourth-order valence-corrected chi connectivity index (χ4v) is 6.50. The van der Waals surface area contributed by atoms with E-state index in [1.54, 1.807) is 14.2 Å². The largest absolute Gasteiger partial charge is 0.497 e. The number of morpholine rings is 1. The number of amides is 1. The quantitative estimate of drug-likeness (QED) is 0.228. The van der Waals surface area contributed by atoms with Crippen LogP contribution in [0.15, 0.2) is 66.7 Å². The van der Waals surface area contributed by atoms with Gasteiger partial charge < -0.3 is 39.5 Å². The second-order valence-corrected chi connectivity index (χ2v) is 12.0. The fraction of sp³-hybridized carbons (Fsp3) is 0.361. The standard InChI is InChI=1S/C36H41N7O4/c1-45-27-12-9-25(10-13-27)24-43-18-15-29-33(37-30-8-4-3-7-28(30)35(44)42-16-5-6-17-42)39-36(40-34(29)43)38-31-14-11-26(23-32(31)46-2)41-19-21-47-22-20-41/h3-4,7-14,23H,5-6,15-22,24H2,1-2H3,(H2,37,38,39,40). The number of carbonyl (C=O) groups excluding carboxylic acids is 1. The number of carbonyl (C=O) groups is 1. The van der Waals surface area contributed by atoms with Gasteiger partial charge in [0, 0.05) is 56.6 Å². The molecule has 244 valence electrons. The Morgan fingerprint density at radius 3 is 2.40 bits per heavy atom. The number of para-hydroxylation sites is 1. The van der Waals surface area contributed by atoms with Crippen molar-refractivity contribution in [1.82, 2.24) is 14.9 Å². The summed E-state index contributed by atoms with van der Waals surface area (Å²) in [5, 5.41) is 6.99. The molecule has 47 heavy (non-hydrogen) atoms. The number of benzene rings is 3. The first-order valence-electron chi connectivity index (χ1n) is 16.3. The molecule has 4 aromatic rings. The third-order valence-electron chi connectivity index (χ3n) is 9.06. The lowest BCUT2D eigenvalue weighted by atomic mass is 10.1. The predicted octanol–water partition coefficient (Wildman–Crippen LogP) is 5.62. The highest BCUT2D eigenvalue weighted by Crippen LogP contribution is 2.38. The van der Waals surface area contributed by atoms with Gasteiger partial charge in [-0.25, -0.2) is 0 Å². The van der Waals surface area contributed by atoms with Crippen molar-refractivity contribution in [3.8, 4) is 11.5 Å². The molecular formula is C36H41N7O4. The molecule has 2 saturated heterocycles. The Bertz CT molecular complexity index is 1720. The minimum atomic E-state index is 0.0425. The molecule has 0 saturated carbocycles. The van der Waals surface area contributed by atoms with E-state index in [-0.39, 0.29) is 5.91 Å². The molecule has 7 rings (SSSR count). The normalized spacial score (nSPS) is 15.8. The lowest BCUT2D eigenvalue weighted by Gasteiger charge is -2.29. The van der Waals surface area contributed by atoms with Crippen LogP contribution in [-0.4, -0.2) is 80.9 Å². The fourth-order valence-electron chi connectivity index (χ4n) is 6.50. The molecule has 1 aromatic heterocycles. The lowest BCUT2D eigenvalue weighted by Crippen LogP contribution is -2.36. The van der Waals surface area contributed by atoms with Crippen molar-refractivity contribution in [3.63, 3.8) is 0 Å². The van der Waals surface area contributed by atoms with Crippen molar-refractivity contribution in [3.05, 3.63) is 83.4 Å². The molecule has 0 radical (unpaired) electrons. The summed E-state index contributed by atoms with van der Waals surface area (Å²) in [6, 6.07) is 21.9. The minimum absolute atomic E-state index is 0.0425. The van der Waals surface area contributed by atoms with Gasteiger partial charge in [-0.3, -0.25) is 4.79 Å². The Labute approximate surface area is 275 Å². The number of aromatic nitrogens is 2. The number of rotatable bonds is 10. The van der Waals surface area contributed by atoms with Gasteiger partial charge in [0.05, 0.1) is 44.4 Å². The highest BCUT2D eigenvalue weighted by atomic mass is 16.5. The number of nitrogens with zero attached hydrogens (tertiary/aromatic N) is 5. The summed E-state index contributed by atoms with van der Waals surface area (Å²) in [6.07, 6.45) is 2.85. The Balaban J connectivity index is 1.23. The van der Waals surface area contributed by atoms with Gasteiger partial charge in [-0.05, 0) is 61.2 Å². The minimum Gasteiger partial charge on any atom is -0.497 e. The molecule has 0 unspecified atom stereocenters. The zero-order chi connectivity index (χ0) is 32.2. The summed E-state index contributed by atoms with van der Waals surface area (Å²) >= 11 is 0. The monoisotopic (exact) mass is 635 g/mol. The topological polar surface area (TPSA) is 104 Å². The maximum absolute atomic E-state index is 13.5. The number of hydrogen-bond acceptors (Lipinski definition) is 10. The second kappa shape index (κ2) is 13.8. The first kappa shape index (κ1) is 30.6. The van der Waals surface area contributed by atoms with Gasteiger partial charge in [-0.2, -0.15) is 9.97 Å².